The number of halogens is 4. The van der Waals surface area contributed by atoms with Crippen LogP contribution >= 0.6 is 57.7 Å². The van der Waals surface area contributed by atoms with E-state index in [0.29, 0.717) is 16.1 Å². The van der Waals surface area contributed by atoms with Crippen molar-refractivity contribution in [1.29, 1.82) is 0 Å². The minimum atomic E-state index is -1.19. The molecule has 5 nitrogen and oxygen atoms in total. The molecule has 10 heteroatoms. The van der Waals surface area contributed by atoms with Gasteiger partial charge in [0.25, 0.3) is 5.91 Å². The topological polar surface area (TPSA) is 75.6 Å². The highest BCUT2D eigenvalue weighted by molar-refractivity contribution is 7.15. The van der Waals surface area contributed by atoms with E-state index in [2.05, 4.69) is 5.32 Å². The first-order valence-electron chi connectivity index (χ1n) is 7.88. The first-order chi connectivity index (χ1) is 13.7. The number of ether oxygens (including phenoxy) is 1. The van der Waals surface area contributed by atoms with Gasteiger partial charge in [0.05, 0.1) is 22.7 Å². The molecule has 3 aromatic rings. The first kappa shape index (κ1) is 21.7. The number of benzene rings is 2. The average Bonchev–Trinajstić information content (AvgIpc) is 3.09. The lowest BCUT2D eigenvalue weighted by atomic mass is 10.0. The van der Waals surface area contributed by atoms with Crippen molar-refractivity contribution in [2.75, 3.05) is 12.4 Å². The van der Waals surface area contributed by atoms with Gasteiger partial charge in [0.1, 0.15) is 15.6 Å². The Bertz CT molecular complexity index is 1110. The van der Waals surface area contributed by atoms with Crippen LogP contribution in [0.2, 0.25) is 20.1 Å². The summed E-state index contributed by atoms with van der Waals surface area (Å²) in [5.74, 6) is -1.79. The number of aromatic carboxylic acids is 1. The van der Waals surface area contributed by atoms with Crippen molar-refractivity contribution in [3.63, 3.8) is 0 Å². The number of carboxylic acids is 1. The molecule has 0 fully saturated rings. The number of anilines is 1. The van der Waals surface area contributed by atoms with Gasteiger partial charge in [0, 0.05) is 16.0 Å². The number of hydrogen-bond acceptors (Lipinski definition) is 4. The van der Waals surface area contributed by atoms with Crippen LogP contribution in [-0.4, -0.2) is 24.1 Å². The maximum atomic E-state index is 12.8. The summed E-state index contributed by atoms with van der Waals surface area (Å²) in [6, 6.07) is 7.99. The lowest BCUT2D eigenvalue weighted by molar-refractivity contribution is 0.0699. The summed E-state index contributed by atoms with van der Waals surface area (Å²) in [6.45, 7) is 0. The molecule has 29 heavy (non-hydrogen) atoms. The Balaban J connectivity index is 2.01. The highest BCUT2D eigenvalue weighted by Crippen LogP contribution is 2.41. The monoisotopic (exact) mass is 489 g/mol. The third-order valence-corrected chi connectivity index (χ3v) is 6.24. The van der Waals surface area contributed by atoms with Crippen LogP contribution in [0.4, 0.5) is 5.00 Å². The predicted octanol–water partition coefficient (Wildman–Crippen LogP) is 6.99. The molecule has 0 aliphatic carbocycles. The van der Waals surface area contributed by atoms with Gasteiger partial charge in [-0.25, -0.2) is 4.79 Å². The summed E-state index contributed by atoms with van der Waals surface area (Å²) in [5.41, 5.74) is 1.05. The Morgan fingerprint density at radius 2 is 1.72 bits per heavy atom. The standard InChI is InChI=1S/C19H11Cl4NO4S/c1-28-16-14(22)10(6-12(21)15(16)23)17(25)24-18-13(19(26)27)11(7-29-18)8-2-4-9(20)5-3-8/h2-7H,1H3,(H,24,25)(H,26,27). The summed E-state index contributed by atoms with van der Waals surface area (Å²) in [6.07, 6.45) is 0. The number of carbonyl (C=O) groups is 2. The number of amides is 1. The minimum absolute atomic E-state index is 0.00398. The summed E-state index contributed by atoms with van der Waals surface area (Å²) >= 11 is 25.2. The van der Waals surface area contributed by atoms with Crippen LogP contribution in [0.25, 0.3) is 11.1 Å². The number of carboxylic acid groups (broad SMARTS) is 1. The van der Waals surface area contributed by atoms with E-state index in [1.165, 1.54) is 13.2 Å². The fourth-order valence-corrected chi connectivity index (χ4v) is 4.46. The van der Waals surface area contributed by atoms with Crippen molar-refractivity contribution in [3.8, 4) is 16.9 Å². The second-order valence-electron chi connectivity index (χ2n) is 5.69. The van der Waals surface area contributed by atoms with Gasteiger partial charge in [-0.2, -0.15) is 0 Å². The summed E-state index contributed by atoms with van der Waals surface area (Å²) in [7, 11) is 1.34. The number of thiophene rings is 1. The summed E-state index contributed by atoms with van der Waals surface area (Å²) in [4.78, 5) is 24.6. The van der Waals surface area contributed by atoms with E-state index in [1.807, 2.05) is 0 Å². The molecule has 1 heterocycles. The van der Waals surface area contributed by atoms with Crippen LogP contribution in [0.5, 0.6) is 5.75 Å². The zero-order valence-corrected chi connectivity index (χ0v) is 18.4. The number of carbonyl (C=O) groups excluding carboxylic acids is 1. The maximum absolute atomic E-state index is 12.8. The highest BCUT2D eigenvalue weighted by atomic mass is 35.5. The van der Waals surface area contributed by atoms with Crippen molar-refractivity contribution in [1.82, 2.24) is 0 Å². The van der Waals surface area contributed by atoms with Gasteiger partial charge in [-0.05, 0) is 23.8 Å². The van der Waals surface area contributed by atoms with Crippen LogP contribution in [0, 0.1) is 0 Å². The fraction of sp³-hybridized carbons (Fsp3) is 0.0526. The van der Waals surface area contributed by atoms with Crippen molar-refractivity contribution in [3.05, 3.63) is 66.9 Å². The largest absolute Gasteiger partial charge is 0.494 e. The molecule has 0 aliphatic rings. The smallest absolute Gasteiger partial charge is 0.339 e. The quantitative estimate of drug-likeness (QED) is 0.378. The average molecular weight is 491 g/mol. The molecule has 0 saturated heterocycles. The van der Waals surface area contributed by atoms with Crippen molar-refractivity contribution in [2.24, 2.45) is 0 Å². The van der Waals surface area contributed by atoms with Gasteiger partial charge in [-0.1, -0.05) is 58.5 Å². The van der Waals surface area contributed by atoms with Crippen molar-refractivity contribution < 1.29 is 19.4 Å². The lowest BCUT2D eigenvalue weighted by Crippen LogP contribution is -2.14. The van der Waals surface area contributed by atoms with Crippen LogP contribution in [0.3, 0.4) is 0 Å². The molecule has 1 aromatic heterocycles. The minimum Gasteiger partial charge on any atom is -0.494 e. The zero-order chi connectivity index (χ0) is 21.3. The van der Waals surface area contributed by atoms with Gasteiger partial charge >= 0.3 is 5.97 Å². The Kier molecular flexibility index (Phi) is 6.61. The van der Waals surface area contributed by atoms with Crippen molar-refractivity contribution >= 4 is 74.6 Å². The normalized spacial score (nSPS) is 10.7. The van der Waals surface area contributed by atoms with Crippen LogP contribution < -0.4 is 10.1 Å². The Morgan fingerprint density at radius 1 is 1.07 bits per heavy atom. The van der Waals surface area contributed by atoms with Gasteiger partial charge < -0.3 is 15.2 Å². The van der Waals surface area contributed by atoms with Gasteiger partial charge in [0.2, 0.25) is 0 Å². The number of methoxy groups -OCH3 is 1. The Morgan fingerprint density at radius 3 is 2.31 bits per heavy atom. The van der Waals surface area contributed by atoms with E-state index in [-0.39, 0.29) is 36.9 Å². The molecule has 0 radical (unpaired) electrons. The Labute approximate surface area is 189 Å². The molecule has 0 bridgehead atoms. The third kappa shape index (κ3) is 4.32. The molecular weight excluding hydrogens is 480 g/mol. The highest BCUT2D eigenvalue weighted by Gasteiger charge is 2.24. The van der Waals surface area contributed by atoms with E-state index >= 15 is 0 Å². The first-order valence-corrected chi connectivity index (χ1v) is 10.3. The van der Waals surface area contributed by atoms with Gasteiger partial charge in [-0.15, -0.1) is 11.3 Å². The molecule has 2 N–H and O–H groups in total. The van der Waals surface area contributed by atoms with Gasteiger partial charge in [0.15, 0.2) is 5.75 Å². The van der Waals surface area contributed by atoms with E-state index in [1.54, 1.807) is 29.6 Å². The predicted molar refractivity (Wildman–Crippen MR) is 118 cm³/mol. The molecule has 0 aliphatic heterocycles. The SMILES string of the molecule is COc1c(Cl)c(Cl)cc(C(=O)Nc2scc(-c3ccc(Cl)cc3)c2C(=O)O)c1Cl. The molecule has 0 unspecified atom stereocenters. The molecule has 0 spiro atoms. The second-order valence-corrected chi connectivity index (χ2v) is 8.17. The molecule has 150 valence electrons. The number of nitrogens with one attached hydrogen (secondary N) is 1. The summed E-state index contributed by atoms with van der Waals surface area (Å²) < 4.78 is 5.10. The fourth-order valence-electron chi connectivity index (χ4n) is 2.60. The van der Waals surface area contributed by atoms with Crippen LogP contribution in [0.1, 0.15) is 20.7 Å². The molecule has 1 amide bonds. The van der Waals surface area contributed by atoms with E-state index in [9.17, 15) is 14.7 Å². The maximum Gasteiger partial charge on any atom is 0.339 e. The van der Waals surface area contributed by atoms with Crippen molar-refractivity contribution in [2.45, 2.75) is 0 Å². The molecule has 0 saturated carbocycles. The summed E-state index contributed by atoms with van der Waals surface area (Å²) in [5, 5.41) is 14.7. The Hall–Kier alpha value is -1.96. The molecular formula is C19H11Cl4NO4S. The number of rotatable bonds is 5. The van der Waals surface area contributed by atoms with E-state index < -0.39 is 11.9 Å². The second kappa shape index (κ2) is 8.81. The molecule has 2 aromatic carbocycles. The molecule has 0 atom stereocenters. The number of hydrogen-bond donors (Lipinski definition) is 2. The van der Waals surface area contributed by atoms with E-state index in [4.69, 9.17) is 51.1 Å². The van der Waals surface area contributed by atoms with Crippen LogP contribution in [0.15, 0.2) is 35.7 Å². The zero-order valence-electron chi connectivity index (χ0n) is 14.6. The van der Waals surface area contributed by atoms with Crippen LogP contribution in [-0.2, 0) is 0 Å². The lowest BCUT2D eigenvalue weighted by Gasteiger charge is -2.12. The van der Waals surface area contributed by atoms with Gasteiger partial charge in [-0.3, -0.25) is 4.79 Å². The molecule has 3 rings (SSSR count). The van der Waals surface area contributed by atoms with E-state index in [0.717, 1.165) is 11.3 Å². The third-order valence-electron chi connectivity index (χ3n) is 3.95.